The number of hydrogen-bond acceptors (Lipinski definition) is 4. The van der Waals surface area contributed by atoms with Crippen molar-refractivity contribution in [1.82, 2.24) is 19.7 Å². The molecule has 6 heteroatoms. The van der Waals surface area contributed by atoms with Crippen molar-refractivity contribution < 1.29 is 4.79 Å². The fourth-order valence-corrected chi connectivity index (χ4v) is 2.77. The highest BCUT2D eigenvalue weighted by Crippen LogP contribution is 2.23. The van der Waals surface area contributed by atoms with Crippen molar-refractivity contribution in [3.8, 4) is 5.82 Å². The molecule has 2 aromatic rings. The highest BCUT2D eigenvalue weighted by molar-refractivity contribution is 5.74. The van der Waals surface area contributed by atoms with Crippen molar-refractivity contribution >= 4 is 11.5 Å². The average Bonchev–Trinajstić information content (AvgIpc) is 3.03. The Morgan fingerprint density at radius 1 is 1.43 bits per heavy atom. The zero-order chi connectivity index (χ0) is 16.2. The van der Waals surface area contributed by atoms with Crippen LogP contribution < -0.4 is 5.73 Å². The Morgan fingerprint density at radius 2 is 2.30 bits per heavy atom. The lowest BCUT2D eigenvalue weighted by molar-refractivity contribution is -0.118. The molecular formula is C17H21N5O. The number of rotatable bonds is 5. The van der Waals surface area contributed by atoms with E-state index < -0.39 is 0 Å². The molecule has 3 heterocycles. The van der Waals surface area contributed by atoms with E-state index in [-0.39, 0.29) is 5.91 Å². The Labute approximate surface area is 135 Å². The summed E-state index contributed by atoms with van der Waals surface area (Å²) in [5, 5.41) is 4.44. The number of pyridine rings is 1. The second kappa shape index (κ2) is 6.75. The van der Waals surface area contributed by atoms with Gasteiger partial charge in [-0.2, -0.15) is 5.10 Å². The number of amides is 1. The first-order valence-electron chi connectivity index (χ1n) is 7.80. The van der Waals surface area contributed by atoms with Crippen molar-refractivity contribution in [2.45, 2.75) is 19.8 Å². The maximum Gasteiger partial charge on any atom is 0.218 e. The maximum atomic E-state index is 10.9. The summed E-state index contributed by atoms with van der Waals surface area (Å²) in [6.07, 6.45) is 9.27. The summed E-state index contributed by atoms with van der Waals surface area (Å²) in [6, 6.07) is 3.95. The van der Waals surface area contributed by atoms with Crippen LogP contribution in [-0.2, 0) is 4.79 Å². The summed E-state index contributed by atoms with van der Waals surface area (Å²) in [5.41, 5.74) is 8.72. The van der Waals surface area contributed by atoms with Crippen LogP contribution in [0.4, 0.5) is 0 Å². The Balaban J connectivity index is 1.70. The van der Waals surface area contributed by atoms with E-state index in [1.807, 2.05) is 36.1 Å². The van der Waals surface area contributed by atoms with Gasteiger partial charge in [-0.1, -0.05) is 12.1 Å². The summed E-state index contributed by atoms with van der Waals surface area (Å²) < 4.78 is 1.82. The molecule has 1 aliphatic heterocycles. The van der Waals surface area contributed by atoms with Crippen molar-refractivity contribution in [3.05, 3.63) is 47.9 Å². The number of nitrogens with zero attached hydrogens (tertiary/aromatic N) is 4. The van der Waals surface area contributed by atoms with Crippen molar-refractivity contribution in [2.75, 3.05) is 19.6 Å². The SMILES string of the molecule is Cc1cccnc1-n1cc(C2=CCN(CCC(N)=O)CC2)cn1. The van der Waals surface area contributed by atoms with E-state index in [0.717, 1.165) is 43.0 Å². The highest BCUT2D eigenvalue weighted by atomic mass is 16.1. The van der Waals surface area contributed by atoms with Gasteiger partial charge in [-0.15, -0.1) is 0 Å². The molecule has 2 N–H and O–H groups in total. The van der Waals surface area contributed by atoms with E-state index >= 15 is 0 Å². The number of aryl methyl sites for hydroxylation is 1. The molecule has 3 rings (SSSR count). The fraction of sp³-hybridized carbons (Fsp3) is 0.353. The molecule has 0 fully saturated rings. The van der Waals surface area contributed by atoms with Crippen LogP contribution in [0.15, 0.2) is 36.8 Å². The summed E-state index contributed by atoms with van der Waals surface area (Å²) >= 11 is 0. The van der Waals surface area contributed by atoms with Gasteiger partial charge >= 0.3 is 0 Å². The number of carbonyl (C=O) groups excluding carboxylic acids is 1. The molecule has 0 aromatic carbocycles. The van der Waals surface area contributed by atoms with E-state index in [1.165, 1.54) is 5.57 Å². The van der Waals surface area contributed by atoms with Gasteiger partial charge < -0.3 is 5.73 Å². The third kappa shape index (κ3) is 3.65. The van der Waals surface area contributed by atoms with Gasteiger partial charge in [0.15, 0.2) is 5.82 Å². The Morgan fingerprint density at radius 3 is 3.00 bits per heavy atom. The topological polar surface area (TPSA) is 77.0 Å². The molecule has 6 nitrogen and oxygen atoms in total. The third-order valence-electron chi connectivity index (χ3n) is 4.12. The fourth-order valence-electron chi connectivity index (χ4n) is 2.77. The van der Waals surface area contributed by atoms with Crippen LogP contribution in [0.25, 0.3) is 11.4 Å². The number of nitrogens with two attached hydrogens (primary N) is 1. The van der Waals surface area contributed by atoms with Gasteiger partial charge in [0.25, 0.3) is 0 Å². The number of carbonyl (C=O) groups is 1. The Kier molecular flexibility index (Phi) is 4.52. The van der Waals surface area contributed by atoms with Crippen LogP contribution in [0.3, 0.4) is 0 Å². The maximum absolute atomic E-state index is 10.9. The molecule has 0 unspecified atom stereocenters. The predicted octanol–water partition coefficient (Wildman–Crippen LogP) is 1.54. The number of hydrogen-bond donors (Lipinski definition) is 1. The summed E-state index contributed by atoms with van der Waals surface area (Å²) in [7, 11) is 0. The average molecular weight is 311 g/mol. The first-order valence-corrected chi connectivity index (χ1v) is 7.80. The molecule has 0 saturated carbocycles. The van der Waals surface area contributed by atoms with Gasteiger partial charge in [0.05, 0.1) is 6.20 Å². The van der Waals surface area contributed by atoms with Gasteiger partial charge in [0, 0.05) is 44.0 Å². The molecule has 0 bridgehead atoms. The van der Waals surface area contributed by atoms with Gasteiger partial charge in [-0.25, -0.2) is 9.67 Å². The first-order chi connectivity index (χ1) is 11.1. The third-order valence-corrected chi connectivity index (χ3v) is 4.12. The Hall–Kier alpha value is -2.47. The minimum atomic E-state index is -0.244. The number of primary amides is 1. The van der Waals surface area contributed by atoms with E-state index in [2.05, 4.69) is 21.1 Å². The van der Waals surface area contributed by atoms with Gasteiger partial charge in [0.1, 0.15) is 0 Å². The molecule has 0 saturated heterocycles. The normalized spacial score (nSPS) is 15.4. The molecule has 0 radical (unpaired) electrons. The van der Waals surface area contributed by atoms with E-state index in [9.17, 15) is 4.79 Å². The molecule has 2 aromatic heterocycles. The zero-order valence-electron chi connectivity index (χ0n) is 13.3. The zero-order valence-corrected chi connectivity index (χ0v) is 13.3. The van der Waals surface area contributed by atoms with Crippen molar-refractivity contribution in [1.29, 1.82) is 0 Å². The lowest BCUT2D eigenvalue weighted by Crippen LogP contribution is -2.31. The standard InChI is InChI=1S/C17H21N5O/c1-13-3-2-7-19-17(13)22-12-15(11-20-22)14-4-8-21(9-5-14)10-6-16(18)23/h2-4,7,11-12H,5-6,8-10H2,1H3,(H2,18,23). The van der Waals surface area contributed by atoms with Gasteiger partial charge in [0.2, 0.25) is 5.91 Å². The molecule has 0 aliphatic carbocycles. The summed E-state index contributed by atoms with van der Waals surface area (Å²) in [4.78, 5) is 17.5. The molecule has 120 valence electrons. The van der Waals surface area contributed by atoms with Crippen LogP contribution in [0, 0.1) is 6.92 Å². The van der Waals surface area contributed by atoms with Crippen LogP contribution in [-0.4, -0.2) is 45.2 Å². The summed E-state index contributed by atoms with van der Waals surface area (Å²) in [5.74, 6) is 0.616. The smallest absolute Gasteiger partial charge is 0.218 e. The van der Waals surface area contributed by atoms with Crippen molar-refractivity contribution in [2.24, 2.45) is 5.73 Å². The van der Waals surface area contributed by atoms with Crippen molar-refractivity contribution in [3.63, 3.8) is 0 Å². The molecule has 1 amide bonds. The highest BCUT2D eigenvalue weighted by Gasteiger charge is 2.15. The second-order valence-electron chi connectivity index (χ2n) is 5.81. The molecule has 0 spiro atoms. The predicted molar refractivity (Wildman–Crippen MR) is 88.9 cm³/mol. The van der Waals surface area contributed by atoms with E-state index in [0.29, 0.717) is 6.42 Å². The largest absolute Gasteiger partial charge is 0.370 e. The molecule has 1 aliphatic rings. The Bertz CT molecular complexity index is 734. The first kappa shape index (κ1) is 15.4. The minimum Gasteiger partial charge on any atom is -0.370 e. The lowest BCUT2D eigenvalue weighted by Gasteiger charge is -2.25. The van der Waals surface area contributed by atoms with Crippen LogP contribution >= 0.6 is 0 Å². The van der Waals surface area contributed by atoms with E-state index in [1.54, 1.807) is 6.20 Å². The lowest BCUT2D eigenvalue weighted by atomic mass is 10.0. The van der Waals surface area contributed by atoms with Gasteiger partial charge in [-0.3, -0.25) is 9.69 Å². The second-order valence-corrected chi connectivity index (χ2v) is 5.81. The van der Waals surface area contributed by atoms with Crippen LogP contribution in [0.5, 0.6) is 0 Å². The number of aromatic nitrogens is 3. The summed E-state index contributed by atoms with van der Waals surface area (Å²) in [6.45, 7) is 4.54. The molecular weight excluding hydrogens is 290 g/mol. The van der Waals surface area contributed by atoms with Gasteiger partial charge in [-0.05, 0) is 30.5 Å². The monoisotopic (exact) mass is 311 g/mol. The molecule has 0 atom stereocenters. The molecule has 23 heavy (non-hydrogen) atoms. The minimum absolute atomic E-state index is 0.244. The van der Waals surface area contributed by atoms with Crippen LogP contribution in [0.2, 0.25) is 0 Å². The van der Waals surface area contributed by atoms with Crippen LogP contribution in [0.1, 0.15) is 24.0 Å². The van der Waals surface area contributed by atoms with E-state index in [4.69, 9.17) is 5.73 Å². The quantitative estimate of drug-likeness (QED) is 0.908.